The normalized spacial score (nSPS) is 17.9. The highest BCUT2D eigenvalue weighted by Gasteiger charge is 2.41. The van der Waals surface area contributed by atoms with Crippen LogP contribution >= 0.6 is 0 Å². The van der Waals surface area contributed by atoms with E-state index in [0.29, 0.717) is 0 Å². The van der Waals surface area contributed by atoms with Crippen molar-refractivity contribution >= 4 is 11.7 Å². The number of ether oxygens (including phenoxy) is 1. The van der Waals surface area contributed by atoms with Gasteiger partial charge in [-0.25, -0.2) is 4.79 Å². The largest absolute Gasteiger partial charge is 0.480 e. The van der Waals surface area contributed by atoms with Gasteiger partial charge < -0.3 is 9.84 Å². The van der Waals surface area contributed by atoms with E-state index >= 15 is 0 Å². The number of benzene rings is 1. The Morgan fingerprint density at radius 3 is 2.59 bits per heavy atom. The van der Waals surface area contributed by atoms with Crippen LogP contribution in [0.2, 0.25) is 0 Å². The van der Waals surface area contributed by atoms with Crippen LogP contribution in [0.4, 0.5) is 5.69 Å². The van der Waals surface area contributed by atoms with Gasteiger partial charge in [0.1, 0.15) is 5.60 Å². The number of carbonyl (C=O) groups is 1. The summed E-state index contributed by atoms with van der Waals surface area (Å²) in [5, 5.41) is 20.3. The number of carboxylic acid groups (broad SMARTS) is 1. The van der Waals surface area contributed by atoms with Crippen molar-refractivity contribution in [3.05, 3.63) is 33.9 Å². The summed E-state index contributed by atoms with van der Waals surface area (Å²) >= 11 is 0. The molecule has 1 aromatic rings. The van der Waals surface area contributed by atoms with E-state index < -0.39 is 16.5 Å². The predicted octanol–water partition coefficient (Wildman–Crippen LogP) is 4.03. The molecule has 0 radical (unpaired) electrons. The fourth-order valence-electron chi connectivity index (χ4n) is 3.14. The molecule has 6 nitrogen and oxygen atoms in total. The zero-order chi connectivity index (χ0) is 16.3. The number of nitro benzene ring substituents is 1. The fourth-order valence-corrected chi connectivity index (χ4v) is 3.14. The molecule has 1 N–H and O–H groups in total. The first-order valence-corrected chi connectivity index (χ1v) is 7.60. The van der Waals surface area contributed by atoms with E-state index in [1.54, 1.807) is 0 Å². The summed E-state index contributed by atoms with van der Waals surface area (Å²) in [4.78, 5) is 21.8. The van der Waals surface area contributed by atoms with Gasteiger partial charge in [-0.3, -0.25) is 10.1 Å². The SMILES string of the molecule is CCC(C)C1(Oc2cc(C(=O)O)ccc2[N+](=O)[O-])CCCC1. The maximum Gasteiger partial charge on any atom is 0.335 e. The lowest BCUT2D eigenvalue weighted by molar-refractivity contribution is -0.386. The molecule has 1 aromatic carbocycles. The van der Waals surface area contributed by atoms with Gasteiger partial charge in [0.25, 0.3) is 0 Å². The van der Waals surface area contributed by atoms with Crippen molar-refractivity contribution in [2.24, 2.45) is 5.92 Å². The molecule has 1 aliphatic rings. The third kappa shape index (κ3) is 3.05. The Kier molecular flexibility index (Phi) is 4.68. The zero-order valence-electron chi connectivity index (χ0n) is 12.9. The first-order chi connectivity index (χ1) is 10.4. The molecular formula is C16H21NO5. The first kappa shape index (κ1) is 16.3. The van der Waals surface area contributed by atoms with E-state index in [4.69, 9.17) is 9.84 Å². The molecule has 0 heterocycles. The van der Waals surface area contributed by atoms with Gasteiger partial charge in [0, 0.05) is 12.1 Å². The molecule has 1 atom stereocenters. The van der Waals surface area contributed by atoms with Crippen molar-refractivity contribution in [1.82, 2.24) is 0 Å². The minimum absolute atomic E-state index is 0.00195. The van der Waals surface area contributed by atoms with E-state index in [2.05, 4.69) is 13.8 Å². The number of carboxylic acids is 1. The van der Waals surface area contributed by atoms with Crippen molar-refractivity contribution in [1.29, 1.82) is 0 Å². The van der Waals surface area contributed by atoms with Crippen LogP contribution in [0, 0.1) is 16.0 Å². The summed E-state index contributed by atoms with van der Waals surface area (Å²) in [5.74, 6) is -0.807. The average Bonchev–Trinajstić information content (AvgIpc) is 2.95. The Morgan fingerprint density at radius 1 is 1.45 bits per heavy atom. The van der Waals surface area contributed by atoms with E-state index in [1.807, 2.05) is 0 Å². The van der Waals surface area contributed by atoms with Crippen molar-refractivity contribution in [3.8, 4) is 5.75 Å². The van der Waals surface area contributed by atoms with Gasteiger partial charge in [0.15, 0.2) is 5.75 Å². The van der Waals surface area contributed by atoms with E-state index in [0.717, 1.165) is 32.1 Å². The van der Waals surface area contributed by atoms with Gasteiger partial charge >= 0.3 is 11.7 Å². The highest BCUT2D eigenvalue weighted by Crippen LogP contribution is 2.43. The Balaban J connectivity index is 2.43. The van der Waals surface area contributed by atoms with Crippen LogP contribution in [0.3, 0.4) is 0 Å². The second-order valence-corrected chi connectivity index (χ2v) is 5.93. The molecule has 1 fully saturated rings. The Bertz CT molecular complexity index is 578. The van der Waals surface area contributed by atoms with Crippen molar-refractivity contribution in [2.75, 3.05) is 0 Å². The van der Waals surface area contributed by atoms with Crippen LogP contribution < -0.4 is 4.74 Å². The predicted molar refractivity (Wildman–Crippen MR) is 81.3 cm³/mol. The lowest BCUT2D eigenvalue weighted by Crippen LogP contribution is -2.39. The second kappa shape index (κ2) is 6.34. The van der Waals surface area contributed by atoms with Crippen LogP contribution in [0.1, 0.15) is 56.3 Å². The summed E-state index contributed by atoms with van der Waals surface area (Å²) < 4.78 is 6.09. The van der Waals surface area contributed by atoms with Gasteiger partial charge in [-0.1, -0.05) is 13.8 Å². The number of hydrogen-bond donors (Lipinski definition) is 1. The maximum atomic E-state index is 11.2. The molecule has 6 heteroatoms. The smallest absolute Gasteiger partial charge is 0.335 e. The highest BCUT2D eigenvalue weighted by atomic mass is 16.6. The third-order valence-corrected chi connectivity index (χ3v) is 4.68. The summed E-state index contributed by atoms with van der Waals surface area (Å²) in [5.41, 5.74) is -0.617. The fraction of sp³-hybridized carbons (Fsp3) is 0.562. The number of nitro groups is 1. The van der Waals surface area contributed by atoms with E-state index in [1.165, 1.54) is 18.2 Å². The van der Waals surface area contributed by atoms with Gasteiger partial charge in [0.05, 0.1) is 10.5 Å². The van der Waals surface area contributed by atoms with Crippen LogP contribution in [0.5, 0.6) is 5.75 Å². The summed E-state index contributed by atoms with van der Waals surface area (Å²) in [7, 11) is 0. The molecule has 0 amide bonds. The van der Waals surface area contributed by atoms with Crippen LogP contribution in [0.15, 0.2) is 18.2 Å². The molecule has 1 saturated carbocycles. The van der Waals surface area contributed by atoms with E-state index in [-0.39, 0.29) is 22.9 Å². The molecule has 0 saturated heterocycles. The summed E-state index contributed by atoms with van der Waals surface area (Å²) in [6, 6.07) is 3.71. The van der Waals surface area contributed by atoms with Gasteiger partial charge in [-0.15, -0.1) is 0 Å². The molecule has 1 aliphatic carbocycles. The Labute approximate surface area is 129 Å². The molecule has 0 aliphatic heterocycles. The molecule has 0 spiro atoms. The van der Waals surface area contributed by atoms with Crippen LogP contribution in [0.25, 0.3) is 0 Å². The molecule has 22 heavy (non-hydrogen) atoms. The number of aromatic carboxylic acids is 1. The molecule has 0 bridgehead atoms. The minimum atomic E-state index is -1.12. The summed E-state index contributed by atoms with van der Waals surface area (Å²) in [6.07, 6.45) is 4.65. The minimum Gasteiger partial charge on any atom is -0.480 e. The topological polar surface area (TPSA) is 89.7 Å². The Hall–Kier alpha value is -2.11. The monoisotopic (exact) mass is 307 g/mol. The lowest BCUT2D eigenvalue weighted by Gasteiger charge is -2.35. The van der Waals surface area contributed by atoms with E-state index in [9.17, 15) is 14.9 Å². The standard InChI is InChI=1S/C16H21NO5/c1-3-11(2)16(8-4-5-9-16)22-14-10-12(15(18)19)6-7-13(14)17(20)21/h6-7,10-11H,3-5,8-9H2,1-2H3,(H,18,19). The molecule has 0 aromatic heterocycles. The number of rotatable bonds is 6. The quantitative estimate of drug-likeness (QED) is 0.633. The number of nitrogens with zero attached hydrogens (tertiary/aromatic N) is 1. The summed E-state index contributed by atoms with van der Waals surface area (Å²) in [6.45, 7) is 4.15. The van der Waals surface area contributed by atoms with Gasteiger partial charge in [0.2, 0.25) is 0 Å². The average molecular weight is 307 g/mol. The molecule has 120 valence electrons. The lowest BCUT2D eigenvalue weighted by atomic mass is 9.85. The van der Waals surface area contributed by atoms with Crippen LogP contribution in [-0.2, 0) is 0 Å². The molecule has 1 unspecified atom stereocenters. The van der Waals surface area contributed by atoms with Crippen molar-refractivity contribution in [2.45, 2.75) is 51.6 Å². The first-order valence-electron chi connectivity index (χ1n) is 7.60. The van der Waals surface area contributed by atoms with Crippen molar-refractivity contribution in [3.63, 3.8) is 0 Å². The van der Waals surface area contributed by atoms with Crippen LogP contribution in [-0.4, -0.2) is 21.6 Å². The zero-order valence-corrected chi connectivity index (χ0v) is 12.9. The van der Waals surface area contributed by atoms with Gasteiger partial charge in [-0.05, 0) is 44.1 Å². The number of hydrogen-bond acceptors (Lipinski definition) is 4. The molecular weight excluding hydrogens is 286 g/mol. The molecule has 2 rings (SSSR count). The van der Waals surface area contributed by atoms with Gasteiger partial charge in [-0.2, -0.15) is 0 Å². The van der Waals surface area contributed by atoms with Crippen molar-refractivity contribution < 1.29 is 19.6 Å². The second-order valence-electron chi connectivity index (χ2n) is 5.93. The third-order valence-electron chi connectivity index (χ3n) is 4.68. The maximum absolute atomic E-state index is 11.2. The highest BCUT2D eigenvalue weighted by molar-refractivity contribution is 5.88. The Morgan fingerprint density at radius 2 is 2.09 bits per heavy atom.